The Kier molecular flexibility index (Phi) is 3.65. The van der Waals surface area contributed by atoms with Gasteiger partial charge in [0.05, 0.1) is 12.7 Å². The molecule has 2 heterocycles. The number of carbonyl (C=O) groups excluding carboxylic acids is 1. The van der Waals surface area contributed by atoms with Gasteiger partial charge in [-0.3, -0.25) is 4.79 Å². The Bertz CT molecular complexity index is 457. The fraction of sp³-hybridized carbons (Fsp3) is 0.438. The van der Waals surface area contributed by atoms with Crippen LogP contribution in [-0.2, 0) is 9.53 Å². The van der Waals surface area contributed by atoms with Crippen molar-refractivity contribution in [2.24, 2.45) is 5.92 Å². The summed E-state index contributed by atoms with van der Waals surface area (Å²) < 4.78 is 5.33. The van der Waals surface area contributed by atoms with Gasteiger partial charge in [0.15, 0.2) is 0 Å². The van der Waals surface area contributed by atoms with Crippen molar-refractivity contribution in [2.75, 3.05) is 19.7 Å². The van der Waals surface area contributed by atoms with Gasteiger partial charge in [0.1, 0.15) is 0 Å². The maximum Gasteiger partial charge on any atom is 0.246 e. The average Bonchev–Trinajstić information content (AvgIpc) is 3.31. The van der Waals surface area contributed by atoms with Gasteiger partial charge < -0.3 is 9.64 Å². The number of piperidine rings is 1. The number of hydrogen-bond acceptors (Lipinski definition) is 2. The highest BCUT2D eigenvalue weighted by Crippen LogP contribution is 2.29. The first kappa shape index (κ1) is 12.4. The Morgan fingerprint density at radius 1 is 1.21 bits per heavy atom. The zero-order valence-corrected chi connectivity index (χ0v) is 11.0. The van der Waals surface area contributed by atoms with Crippen molar-refractivity contribution < 1.29 is 9.53 Å². The molecule has 3 heteroatoms. The first-order chi connectivity index (χ1) is 9.33. The molecule has 2 aliphatic rings. The molecule has 3 rings (SSSR count). The molecule has 3 nitrogen and oxygen atoms in total. The van der Waals surface area contributed by atoms with E-state index in [-0.39, 0.29) is 5.91 Å². The lowest BCUT2D eigenvalue weighted by Crippen LogP contribution is -2.38. The summed E-state index contributed by atoms with van der Waals surface area (Å²) in [7, 11) is 0. The molecular formula is C16H19NO2. The lowest BCUT2D eigenvalue weighted by atomic mass is 9.94. The van der Waals surface area contributed by atoms with Gasteiger partial charge in [-0.15, -0.1) is 0 Å². The summed E-state index contributed by atoms with van der Waals surface area (Å²) in [6, 6.07) is 9.93. The van der Waals surface area contributed by atoms with Crippen LogP contribution in [0.4, 0.5) is 0 Å². The third kappa shape index (κ3) is 3.24. The SMILES string of the molecule is O=C(C=Cc1ccccc1)N1CCC(C2CO2)CC1. The molecule has 1 atom stereocenters. The minimum Gasteiger partial charge on any atom is -0.373 e. The van der Waals surface area contributed by atoms with Crippen molar-refractivity contribution in [3.63, 3.8) is 0 Å². The summed E-state index contributed by atoms with van der Waals surface area (Å²) in [6.45, 7) is 2.65. The number of ether oxygens (including phenoxy) is 1. The number of hydrogen-bond donors (Lipinski definition) is 0. The summed E-state index contributed by atoms with van der Waals surface area (Å²) in [5.74, 6) is 0.793. The molecule has 1 aromatic rings. The van der Waals surface area contributed by atoms with E-state index in [9.17, 15) is 4.79 Å². The highest BCUT2D eigenvalue weighted by atomic mass is 16.6. The van der Waals surface area contributed by atoms with E-state index in [1.165, 1.54) is 0 Å². The average molecular weight is 257 g/mol. The van der Waals surface area contributed by atoms with E-state index in [1.54, 1.807) is 6.08 Å². The van der Waals surface area contributed by atoms with E-state index in [4.69, 9.17) is 4.74 Å². The molecule has 0 bridgehead atoms. The predicted molar refractivity (Wildman–Crippen MR) is 74.5 cm³/mol. The third-order valence-electron chi connectivity index (χ3n) is 3.95. The molecule has 0 aromatic heterocycles. The zero-order chi connectivity index (χ0) is 13.1. The fourth-order valence-electron chi connectivity index (χ4n) is 2.66. The summed E-state index contributed by atoms with van der Waals surface area (Å²) in [5.41, 5.74) is 1.07. The molecule has 2 aliphatic heterocycles. The fourth-order valence-corrected chi connectivity index (χ4v) is 2.66. The molecule has 1 amide bonds. The Morgan fingerprint density at radius 2 is 1.89 bits per heavy atom. The Morgan fingerprint density at radius 3 is 2.53 bits per heavy atom. The molecule has 0 saturated carbocycles. The quantitative estimate of drug-likeness (QED) is 0.615. The molecule has 19 heavy (non-hydrogen) atoms. The largest absolute Gasteiger partial charge is 0.373 e. The van der Waals surface area contributed by atoms with Gasteiger partial charge >= 0.3 is 0 Å². The van der Waals surface area contributed by atoms with E-state index in [2.05, 4.69) is 0 Å². The number of rotatable bonds is 3. The molecular weight excluding hydrogens is 238 g/mol. The van der Waals surface area contributed by atoms with Gasteiger partial charge in [0, 0.05) is 19.2 Å². The van der Waals surface area contributed by atoms with Crippen LogP contribution in [-0.4, -0.2) is 36.6 Å². The summed E-state index contributed by atoms with van der Waals surface area (Å²) >= 11 is 0. The highest BCUT2D eigenvalue weighted by Gasteiger charge is 2.35. The maximum atomic E-state index is 12.1. The van der Waals surface area contributed by atoms with Crippen LogP contribution in [0.15, 0.2) is 36.4 Å². The molecule has 0 aliphatic carbocycles. The summed E-state index contributed by atoms with van der Waals surface area (Å²) in [4.78, 5) is 14.0. The molecule has 0 spiro atoms. The lowest BCUT2D eigenvalue weighted by molar-refractivity contribution is -0.127. The standard InChI is InChI=1S/C16H19NO2/c18-16(7-6-13-4-2-1-3-5-13)17-10-8-14(9-11-17)15-12-19-15/h1-7,14-15H,8-12H2. The Balaban J connectivity index is 1.52. The monoisotopic (exact) mass is 257 g/mol. The van der Waals surface area contributed by atoms with E-state index in [1.807, 2.05) is 41.3 Å². The van der Waals surface area contributed by atoms with E-state index < -0.39 is 0 Å². The van der Waals surface area contributed by atoms with Crippen molar-refractivity contribution in [1.82, 2.24) is 4.90 Å². The van der Waals surface area contributed by atoms with Gasteiger partial charge in [0.2, 0.25) is 5.91 Å². The Labute approximate surface area is 113 Å². The lowest BCUT2D eigenvalue weighted by Gasteiger charge is -2.30. The second-order valence-corrected chi connectivity index (χ2v) is 5.28. The normalized spacial score (nSPS) is 23.8. The molecule has 0 radical (unpaired) electrons. The number of nitrogens with zero attached hydrogens (tertiary/aromatic N) is 1. The molecule has 100 valence electrons. The number of epoxide rings is 1. The van der Waals surface area contributed by atoms with Crippen LogP contribution in [0.1, 0.15) is 18.4 Å². The number of likely N-dealkylation sites (tertiary alicyclic amines) is 1. The molecule has 1 unspecified atom stereocenters. The van der Waals surface area contributed by atoms with E-state index >= 15 is 0 Å². The second-order valence-electron chi connectivity index (χ2n) is 5.28. The van der Waals surface area contributed by atoms with Crippen LogP contribution in [0.3, 0.4) is 0 Å². The van der Waals surface area contributed by atoms with Crippen molar-refractivity contribution in [3.05, 3.63) is 42.0 Å². The third-order valence-corrected chi connectivity index (χ3v) is 3.95. The highest BCUT2D eigenvalue weighted by molar-refractivity contribution is 5.91. The first-order valence-electron chi connectivity index (χ1n) is 6.96. The number of benzene rings is 1. The summed E-state index contributed by atoms with van der Waals surface area (Å²) in [5, 5.41) is 0. The minimum absolute atomic E-state index is 0.124. The van der Waals surface area contributed by atoms with Crippen molar-refractivity contribution in [1.29, 1.82) is 0 Å². The van der Waals surface area contributed by atoms with Gasteiger partial charge in [-0.05, 0) is 30.4 Å². The van der Waals surface area contributed by atoms with Gasteiger partial charge in [0.25, 0.3) is 0 Å². The predicted octanol–water partition coefficient (Wildman–Crippen LogP) is 2.34. The van der Waals surface area contributed by atoms with Crippen molar-refractivity contribution in [2.45, 2.75) is 18.9 Å². The number of amides is 1. The molecule has 1 aromatic carbocycles. The van der Waals surface area contributed by atoms with Crippen molar-refractivity contribution in [3.8, 4) is 0 Å². The van der Waals surface area contributed by atoms with Crippen molar-refractivity contribution >= 4 is 12.0 Å². The smallest absolute Gasteiger partial charge is 0.246 e. The first-order valence-corrected chi connectivity index (χ1v) is 6.96. The van der Waals surface area contributed by atoms with Gasteiger partial charge in [-0.1, -0.05) is 30.3 Å². The van der Waals surface area contributed by atoms with Crippen LogP contribution in [0.25, 0.3) is 6.08 Å². The van der Waals surface area contributed by atoms with Crippen LogP contribution < -0.4 is 0 Å². The van der Waals surface area contributed by atoms with E-state index in [0.717, 1.165) is 38.1 Å². The molecule has 2 fully saturated rings. The Hall–Kier alpha value is -1.61. The molecule has 0 N–H and O–H groups in total. The van der Waals surface area contributed by atoms with Gasteiger partial charge in [-0.25, -0.2) is 0 Å². The van der Waals surface area contributed by atoms with Crippen LogP contribution in [0.5, 0.6) is 0 Å². The summed E-state index contributed by atoms with van der Waals surface area (Å²) in [6.07, 6.45) is 6.21. The molecule has 2 saturated heterocycles. The van der Waals surface area contributed by atoms with Crippen LogP contribution >= 0.6 is 0 Å². The van der Waals surface area contributed by atoms with Crippen LogP contribution in [0, 0.1) is 5.92 Å². The second kappa shape index (κ2) is 5.57. The topological polar surface area (TPSA) is 32.8 Å². The maximum absolute atomic E-state index is 12.1. The zero-order valence-electron chi connectivity index (χ0n) is 11.0. The van der Waals surface area contributed by atoms with E-state index in [0.29, 0.717) is 12.0 Å². The van der Waals surface area contributed by atoms with Gasteiger partial charge in [-0.2, -0.15) is 0 Å². The minimum atomic E-state index is 0.124. The number of carbonyl (C=O) groups is 1. The van der Waals surface area contributed by atoms with Crippen LogP contribution in [0.2, 0.25) is 0 Å².